The maximum absolute atomic E-state index is 12.3. The van der Waals surface area contributed by atoms with E-state index in [4.69, 9.17) is 0 Å². The number of hydrogen-bond acceptors (Lipinski definition) is 3. The number of para-hydroxylation sites is 1. The average Bonchev–Trinajstić information content (AvgIpc) is 2.28. The van der Waals surface area contributed by atoms with E-state index in [1.54, 1.807) is 24.3 Å². The van der Waals surface area contributed by atoms with Gasteiger partial charge in [-0.3, -0.25) is 14.4 Å². The minimum Gasteiger partial charge on any atom is -0.308 e. The lowest BCUT2D eigenvalue weighted by molar-refractivity contribution is -0.129. The highest BCUT2D eigenvalue weighted by atomic mass is 16.2. The summed E-state index contributed by atoms with van der Waals surface area (Å²) in [5.41, 5.74) is 1.05. The number of Topliss-reactive ketones (excluding diaryl/α,β-unsaturated/α-hetero) is 2. The molecule has 0 fully saturated rings. The van der Waals surface area contributed by atoms with Crippen molar-refractivity contribution < 1.29 is 14.4 Å². The predicted molar refractivity (Wildman–Crippen MR) is 67.6 cm³/mol. The predicted octanol–water partition coefficient (Wildman–Crippen LogP) is 1.83. The summed E-state index contributed by atoms with van der Waals surface area (Å²) in [6.45, 7) is 5.01. The van der Waals surface area contributed by atoms with Crippen LogP contribution < -0.4 is 4.90 Å². The van der Waals surface area contributed by atoms with Gasteiger partial charge in [0, 0.05) is 11.6 Å². The molecule has 0 saturated carbocycles. The second kappa shape index (κ2) is 4.37. The van der Waals surface area contributed by atoms with Gasteiger partial charge in [0.15, 0.2) is 11.7 Å². The van der Waals surface area contributed by atoms with Gasteiger partial charge >= 0.3 is 0 Å². The zero-order valence-electron chi connectivity index (χ0n) is 10.6. The molecule has 0 aliphatic carbocycles. The molecule has 0 radical (unpaired) electrons. The van der Waals surface area contributed by atoms with E-state index in [1.165, 1.54) is 11.8 Å². The van der Waals surface area contributed by atoms with E-state index in [0.29, 0.717) is 11.3 Å². The minimum atomic E-state index is -1.18. The first-order valence-corrected chi connectivity index (χ1v) is 5.92. The average molecular weight is 245 g/mol. The highest BCUT2D eigenvalue weighted by molar-refractivity contribution is 6.31. The topological polar surface area (TPSA) is 54.5 Å². The Labute approximate surface area is 106 Å². The van der Waals surface area contributed by atoms with Crippen LogP contribution in [0.3, 0.4) is 0 Å². The summed E-state index contributed by atoms with van der Waals surface area (Å²) in [5, 5.41) is 0. The zero-order valence-corrected chi connectivity index (χ0v) is 10.6. The van der Waals surface area contributed by atoms with Gasteiger partial charge < -0.3 is 4.90 Å². The fraction of sp³-hybridized carbons (Fsp3) is 0.357. The first-order valence-electron chi connectivity index (χ1n) is 5.92. The Hall–Kier alpha value is -1.97. The number of carbonyl (C=O) groups excluding carboxylic acids is 3. The van der Waals surface area contributed by atoms with Crippen LogP contribution in [0.5, 0.6) is 0 Å². The standard InChI is InChI=1S/C14H15NO3/c1-8(2)15-11-7-5-4-6-10(11)13(17)12(9(3)16)14(15)18/h4-8,12H,1-3H3. The number of fused-ring (bicyclic) bond motifs is 1. The van der Waals surface area contributed by atoms with Crippen LogP contribution in [0.15, 0.2) is 24.3 Å². The summed E-state index contributed by atoms with van der Waals surface area (Å²) >= 11 is 0. The van der Waals surface area contributed by atoms with Gasteiger partial charge in [-0.05, 0) is 32.9 Å². The number of carbonyl (C=O) groups is 3. The normalized spacial score (nSPS) is 19.1. The summed E-state index contributed by atoms with van der Waals surface area (Å²) < 4.78 is 0. The number of hydrogen-bond donors (Lipinski definition) is 0. The Kier molecular flexibility index (Phi) is 3.03. The molecule has 1 aromatic carbocycles. The lowest BCUT2D eigenvalue weighted by Gasteiger charge is -2.35. The fourth-order valence-corrected chi connectivity index (χ4v) is 2.31. The van der Waals surface area contributed by atoms with E-state index in [0.717, 1.165) is 0 Å². The van der Waals surface area contributed by atoms with E-state index < -0.39 is 17.6 Å². The lowest BCUT2D eigenvalue weighted by Crippen LogP contribution is -2.50. The number of ketones is 2. The summed E-state index contributed by atoms with van der Waals surface area (Å²) in [4.78, 5) is 37.5. The molecule has 94 valence electrons. The van der Waals surface area contributed by atoms with E-state index in [1.807, 2.05) is 13.8 Å². The summed E-state index contributed by atoms with van der Waals surface area (Å²) in [6.07, 6.45) is 0. The summed E-state index contributed by atoms with van der Waals surface area (Å²) in [5.74, 6) is -2.38. The van der Waals surface area contributed by atoms with Gasteiger partial charge in [0.2, 0.25) is 5.91 Å². The summed E-state index contributed by atoms with van der Waals surface area (Å²) in [6, 6.07) is 6.83. The van der Waals surface area contributed by atoms with Crippen molar-refractivity contribution in [1.82, 2.24) is 0 Å². The molecule has 0 saturated heterocycles. The highest BCUT2D eigenvalue weighted by Crippen LogP contribution is 2.32. The van der Waals surface area contributed by atoms with Crippen molar-refractivity contribution in [3.63, 3.8) is 0 Å². The van der Waals surface area contributed by atoms with Gasteiger partial charge in [-0.2, -0.15) is 0 Å². The van der Waals surface area contributed by atoms with Gasteiger partial charge in [0.05, 0.1) is 5.69 Å². The van der Waals surface area contributed by atoms with Gasteiger partial charge in [-0.1, -0.05) is 12.1 Å². The van der Waals surface area contributed by atoms with Crippen LogP contribution in [0.4, 0.5) is 5.69 Å². The molecule has 4 nitrogen and oxygen atoms in total. The molecule has 0 N–H and O–H groups in total. The molecule has 1 aromatic rings. The van der Waals surface area contributed by atoms with Gasteiger partial charge in [0.25, 0.3) is 0 Å². The Morgan fingerprint density at radius 1 is 1.22 bits per heavy atom. The molecule has 0 aromatic heterocycles. The Morgan fingerprint density at radius 3 is 2.39 bits per heavy atom. The molecule has 2 rings (SSSR count). The third-order valence-corrected chi connectivity index (χ3v) is 3.10. The van der Waals surface area contributed by atoms with Crippen molar-refractivity contribution in [3.05, 3.63) is 29.8 Å². The quantitative estimate of drug-likeness (QED) is 0.747. The molecule has 1 heterocycles. The number of anilines is 1. The number of nitrogens with zero attached hydrogens (tertiary/aromatic N) is 1. The molecule has 1 aliphatic heterocycles. The number of rotatable bonds is 2. The Bertz CT molecular complexity index is 534. The van der Waals surface area contributed by atoms with Crippen LogP contribution in [0.2, 0.25) is 0 Å². The third kappa shape index (κ3) is 1.74. The van der Waals surface area contributed by atoms with Crippen molar-refractivity contribution in [2.45, 2.75) is 26.8 Å². The highest BCUT2D eigenvalue weighted by Gasteiger charge is 2.42. The number of amides is 1. The van der Waals surface area contributed by atoms with Crippen molar-refractivity contribution in [1.29, 1.82) is 0 Å². The smallest absolute Gasteiger partial charge is 0.245 e. The van der Waals surface area contributed by atoms with Crippen LogP contribution in [0, 0.1) is 5.92 Å². The Balaban J connectivity index is 2.64. The second-order valence-electron chi connectivity index (χ2n) is 4.73. The zero-order chi connectivity index (χ0) is 13.4. The van der Waals surface area contributed by atoms with Gasteiger partial charge in [0.1, 0.15) is 5.78 Å². The molecular formula is C14H15NO3. The Morgan fingerprint density at radius 2 is 1.83 bits per heavy atom. The van der Waals surface area contributed by atoms with Crippen LogP contribution in [-0.4, -0.2) is 23.5 Å². The lowest BCUT2D eigenvalue weighted by atomic mass is 9.87. The molecule has 1 aliphatic rings. The van der Waals surface area contributed by atoms with Gasteiger partial charge in [-0.25, -0.2) is 0 Å². The van der Waals surface area contributed by atoms with Crippen LogP contribution in [0.25, 0.3) is 0 Å². The first-order chi connectivity index (χ1) is 8.45. The number of benzene rings is 1. The molecule has 1 atom stereocenters. The minimum absolute atomic E-state index is 0.0893. The van der Waals surface area contributed by atoms with Crippen molar-refractivity contribution >= 4 is 23.2 Å². The van der Waals surface area contributed by atoms with Crippen molar-refractivity contribution in [2.24, 2.45) is 5.92 Å². The van der Waals surface area contributed by atoms with Gasteiger partial charge in [-0.15, -0.1) is 0 Å². The first kappa shape index (κ1) is 12.5. The third-order valence-electron chi connectivity index (χ3n) is 3.10. The van der Waals surface area contributed by atoms with Crippen molar-refractivity contribution in [2.75, 3.05) is 4.90 Å². The molecule has 0 bridgehead atoms. The molecule has 0 spiro atoms. The SMILES string of the molecule is CC(=O)C1C(=O)c2ccccc2N(C(C)C)C1=O. The largest absolute Gasteiger partial charge is 0.308 e. The van der Waals surface area contributed by atoms with E-state index >= 15 is 0 Å². The van der Waals surface area contributed by atoms with E-state index in [2.05, 4.69) is 0 Å². The van der Waals surface area contributed by atoms with Crippen LogP contribution >= 0.6 is 0 Å². The molecule has 18 heavy (non-hydrogen) atoms. The van der Waals surface area contributed by atoms with Crippen LogP contribution in [0.1, 0.15) is 31.1 Å². The second-order valence-corrected chi connectivity index (χ2v) is 4.73. The maximum atomic E-state index is 12.3. The van der Waals surface area contributed by atoms with Crippen LogP contribution in [-0.2, 0) is 9.59 Å². The molecular weight excluding hydrogens is 230 g/mol. The van der Waals surface area contributed by atoms with E-state index in [9.17, 15) is 14.4 Å². The molecule has 1 amide bonds. The maximum Gasteiger partial charge on any atom is 0.245 e. The molecule has 4 heteroatoms. The fourth-order valence-electron chi connectivity index (χ4n) is 2.31. The van der Waals surface area contributed by atoms with E-state index in [-0.39, 0.29) is 11.8 Å². The molecule has 1 unspecified atom stereocenters. The van der Waals surface area contributed by atoms with Crippen molar-refractivity contribution in [3.8, 4) is 0 Å². The summed E-state index contributed by atoms with van der Waals surface area (Å²) in [7, 11) is 0. The monoisotopic (exact) mass is 245 g/mol.